The highest BCUT2D eigenvalue weighted by molar-refractivity contribution is 7.99. The summed E-state index contributed by atoms with van der Waals surface area (Å²) in [4.78, 5) is 6.85. The average Bonchev–Trinajstić information content (AvgIpc) is 3.16. The molecule has 5 rings (SSSR count). The van der Waals surface area contributed by atoms with Crippen molar-refractivity contribution in [3.8, 4) is 11.4 Å². The van der Waals surface area contributed by atoms with Gasteiger partial charge in [-0.05, 0) is 80.4 Å². The van der Waals surface area contributed by atoms with Crippen molar-refractivity contribution in [2.75, 3.05) is 25.4 Å². The summed E-state index contributed by atoms with van der Waals surface area (Å²) in [6, 6.07) is 9.71. The number of likely N-dealkylation sites (tertiary alicyclic amines) is 1. The van der Waals surface area contributed by atoms with Crippen molar-refractivity contribution in [3.05, 3.63) is 59.4 Å². The zero-order valence-electron chi connectivity index (χ0n) is 19.3. The van der Waals surface area contributed by atoms with Crippen LogP contribution < -0.4 is 0 Å². The largest absolute Gasteiger partial charge is 0.416 e. The molecule has 1 aromatic carbocycles. The maximum atomic E-state index is 12.8. The van der Waals surface area contributed by atoms with Crippen LogP contribution in [0.15, 0.2) is 47.8 Å². The van der Waals surface area contributed by atoms with Gasteiger partial charge in [-0.1, -0.05) is 23.9 Å². The highest BCUT2D eigenvalue weighted by Gasteiger charge is 2.57. The molecule has 34 heavy (non-hydrogen) atoms. The fourth-order valence-electron chi connectivity index (χ4n) is 5.20. The summed E-state index contributed by atoms with van der Waals surface area (Å²) in [5, 5.41) is 9.63. The van der Waals surface area contributed by atoms with Crippen molar-refractivity contribution < 1.29 is 13.2 Å². The highest BCUT2D eigenvalue weighted by atomic mass is 32.2. The van der Waals surface area contributed by atoms with Crippen LogP contribution in [0.2, 0.25) is 0 Å². The molecule has 0 amide bonds. The van der Waals surface area contributed by atoms with E-state index in [0.717, 1.165) is 72.5 Å². The van der Waals surface area contributed by atoms with Crippen molar-refractivity contribution in [3.63, 3.8) is 0 Å². The molecule has 3 aromatic rings. The lowest BCUT2D eigenvalue weighted by Crippen LogP contribution is -2.23. The van der Waals surface area contributed by atoms with E-state index in [1.165, 1.54) is 12.1 Å². The third kappa shape index (κ3) is 4.60. The van der Waals surface area contributed by atoms with Crippen LogP contribution in [0.4, 0.5) is 13.2 Å². The van der Waals surface area contributed by atoms with E-state index in [4.69, 9.17) is 0 Å². The van der Waals surface area contributed by atoms with Crippen LogP contribution in [-0.4, -0.2) is 50.0 Å². The van der Waals surface area contributed by atoms with Gasteiger partial charge in [-0.25, -0.2) is 0 Å². The number of benzene rings is 1. The first kappa shape index (κ1) is 23.4. The lowest BCUT2D eigenvalue weighted by Gasteiger charge is -2.16. The maximum Gasteiger partial charge on any atom is 0.416 e. The Kier molecular flexibility index (Phi) is 6.18. The van der Waals surface area contributed by atoms with Crippen LogP contribution in [0.1, 0.15) is 42.0 Å². The molecule has 9 heteroatoms. The number of alkyl halides is 3. The van der Waals surface area contributed by atoms with Crippen molar-refractivity contribution in [1.29, 1.82) is 0 Å². The summed E-state index contributed by atoms with van der Waals surface area (Å²) in [7, 11) is 1.99. The lowest BCUT2D eigenvalue weighted by atomic mass is 9.97. The molecule has 0 radical (unpaired) electrons. The molecule has 5 nitrogen and oxygen atoms in total. The highest BCUT2D eigenvalue weighted by Crippen LogP contribution is 2.64. The van der Waals surface area contributed by atoms with E-state index in [2.05, 4.69) is 20.1 Å². The number of rotatable bonds is 7. The number of aromatic nitrogens is 4. The predicted octanol–water partition coefficient (Wildman–Crippen LogP) is 5.57. The van der Waals surface area contributed by atoms with Gasteiger partial charge in [0.25, 0.3) is 0 Å². The van der Waals surface area contributed by atoms with Crippen molar-refractivity contribution >= 4 is 11.8 Å². The number of hydrogen-bond acceptors (Lipinski definition) is 5. The molecule has 1 spiro atoms. The predicted molar refractivity (Wildman–Crippen MR) is 127 cm³/mol. The second kappa shape index (κ2) is 9.00. The van der Waals surface area contributed by atoms with Crippen LogP contribution in [0, 0.1) is 12.3 Å². The average molecular weight is 488 g/mol. The molecule has 1 saturated heterocycles. The van der Waals surface area contributed by atoms with Gasteiger partial charge in [0.2, 0.25) is 0 Å². The number of thioether (sulfide) groups is 1. The van der Waals surface area contributed by atoms with Crippen LogP contribution in [0.3, 0.4) is 0 Å². The van der Waals surface area contributed by atoms with Gasteiger partial charge < -0.3 is 9.47 Å². The molecule has 1 aliphatic carbocycles. The van der Waals surface area contributed by atoms with Crippen LogP contribution >= 0.6 is 11.8 Å². The summed E-state index contributed by atoms with van der Waals surface area (Å²) in [6.45, 7) is 5.11. The Balaban J connectivity index is 1.09. The van der Waals surface area contributed by atoms with Crippen molar-refractivity contribution in [1.82, 2.24) is 24.6 Å². The Morgan fingerprint density at radius 3 is 2.68 bits per heavy atom. The Morgan fingerprint density at radius 2 is 1.94 bits per heavy atom. The van der Waals surface area contributed by atoms with Gasteiger partial charge in [0.1, 0.15) is 0 Å². The van der Waals surface area contributed by atoms with E-state index in [9.17, 15) is 13.2 Å². The van der Waals surface area contributed by atoms with Crippen LogP contribution in [0.25, 0.3) is 11.4 Å². The van der Waals surface area contributed by atoms with Crippen LogP contribution in [0.5, 0.6) is 0 Å². The Hall–Kier alpha value is -2.39. The second-order valence-corrected chi connectivity index (χ2v) is 10.5. The molecule has 2 fully saturated rings. The molecule has 1 saturated carbocycles. The first-order valence-corrected chi connectivity index (χ1v) is 12.6. The molecular formula is C25H28F3N5S. The summed E-state index contributed by atoms with van der Waals surface area (Å²) >= 11 is 1.72. The minimum atomic E-state index is -4.27. The summed E-state index contributed by atoms with van der Waals surface area (Å²) in [6.07, 6.45) is 0.773. The van der Waals surface area contributed by atoms with E-state index in [-0.39, 0.29) is 5.41 Å². The number of aryl methyl sites for hydroxylation is 1. The van der Waals surface area contributed by atoms with Gasteiger partial charge in [0.05, 0.1) is 5.56 Å². The van der Waals surface area contributed by atoms with Gasteiger partial charge in [-0.15, -0.1) is 10.2 Å². The molecule has 2 atom stereocenters. The zero-order valence-corrected chi connectivity index (χ0v) is 20.2. The fourth-order valence-corrected chi connectivity index (χ4v) is 6.03. The van der Waals surface area contributed by atoms with Crippen molar-refractivity contribution in [2.45, 2.75) is 43.4 Å². The maximum absolute atomic E-state index is 12.8. The minimum Gasteiger partial charge on any atom is -0.305 e. The summed E-state index contributed by atoms with van der Waals surface area (Å²) < 4.78 is 40.5. The molecule has 180 valence electrons. The van der Waals surface area contributed by atoms with Gasteiger partial charge in [-0.2, -0.15) is 13.2 Å². The normalized spacial score (nSPS) is 22.6. The SMILES string of the molecule is Cc1ncccc1-c1nnc(SCCCN2CC[C@@]3(CC3c3ccc(C(F)(F)F)cc3)C2)n1C. The van der Waals surface area contributed by atoms with Gasteiger partial charge in [0, 0.05) is 36.8 Å². The first-order chi connectivity index (χ1) is 16.3. The fraction of sp³-hybridized carbons (Fsp3) is 0.480. The quantitative estimate of drug-likeness (QED) is 0.322. The van der Waals surface area contributed by atoms with Crippen molar-refractivity contribution in [2.24, 2.45) is 12.5 Å². The number of nitrogens with zero attached hydrogens (tertiary/aromatic N) is 5. The molecular weight excluding hydrogens is 459 g/mol. The van der Waals surface area contributed by atoms with Gasteiger partial charge >= 0.3 is 6.18 Å². The summed E-state index contributed by atoms with van der Waals surface area (Å²) in [5.41, 5.74) is 2.67. The molecule has 1 unspecified atom stereocenters. The zero-order chi connectivity index (χ0) is 23.9. The monoisotopic (exact) mass is 487 g/mol. The van der Waals surface area contributed by atoms with E-state index in [1.807, 2.05) is 30.7 Å². The molecule has 2 aliphatic rings. The minimum absolute atomic E-state index is 0.257. The van der Waals surface area contributed by atoms with E-state index in [1.54, 1.807) is 30.1 Å². The smallest absolute Gasteiger partial charge is 0.305 e. The van der Waals surface area contributed by atoms with E-state index >= 15 is 0 Å². The molecule has 3 heterocycles. The molecule has 2 aromatic heterocycles. The molecule has 0 bridgehead atoms. The standard InChI is InChI=1S/C25H28F3N5S/c1-17-20(5-3-11-29-17)22-30-31-23(32(22)2)34-14-4-12-33-13-10-24(16-33)15-21(24)18-6-8-19(9-7-18)25(26,27)28/h3,5-9,11,21H,4,10,12-16H2,1-2H3/t21?,24-/m1/s1. The van der Waals surface area contributed by atoms with E-state index in [0.29, 0.717) is 5.92 Å². The number of halogens is 3. The topological polar surface area (TPSA) is 46.8 Å². The van der Waals surface area contributed by atoms with Gasteiger partial charge in [0.15, 0.2) is 11.0 Å². The lowest BCUT2D eigenvalue weighted by molar-refractivity contribution is -0.137. The number of hydrogen-bond donors (Lipinski definition) is 0. The van der Waals surface area contributed by atoms with Crippen LogP contribution in [-0.2, 0) is 13.2 Å². The third-order valence-corrected chi connectivity index (χ3v) is 8.33. The van der Waals surface area contributed by atoms with Gasteiger partial charge in [-0.3, -0.25) is 4.98 Å². The number of pyridine rings is 1. The Morgan fingerprint density at radius 1 is 1.15 bits per heavy atom. The Labute approximate surface area is 201 Å². The Bertz CT molecular complexity index is 1160. The third-order valence-electron chi connectivity index (χ3n) is 7.23. The van der Waals surface area contributed by atoms with E-state index < -0.39 is 11.7 Å². The second-order valence-electron chi connectivity index (χ2n) is 9.47. The molecule has 1 aliphatic heterocycles. The first-order valence-electron chi connectivity index (χ1n) is 11.6. The summed E-state index contributed by atoms with van der Waals surface area (Å²) in [5.74, 6) is 2.18. The molecule has 0 N–H and O–H groups in total.